The molecule has 0 spiro atoms. The van der Waals surface area contributed by atoms with Crippen LogP contribution in [0.3, 0.4) is 0 Å². The predicted octanol–water partition coefficient (Wildman–Crippen LogP) is 4.59. The number of alkyl halides is 3. The Morgan fingerprint density at radius 1 is 1.26 bits per heavy atom. The molecule has 1 fully saturated rings. The van der Waals surface area contributed by atoms with Gasteiger partial charge in [0.25, 0.3) is 0 Å². The Hall–Kier alpha value is -2.35. The van der Waals surface area contributed by atoms with Crippen molar-refractivity contribution in [3.05, 3.63) is 52.0 Å². The molecule has 0 atom stereocenters. The van der Waals surface area contributed by atoms with Gasteiger partial charge in [0.15, 0.2) is 0 Å². The van der Waals surface area contributed by atoms with Crippen LogP contribution in [0.4, 0.5) is 13.2 Å². The second-order valence-corrected chi connectivity index (χ2v) is 7.80. The first kappa shape index (κ1) is 18.0. The quantitative estimate of drug-likeness (QED) is 0.707. The molecule has 4 heterocycles. The normalized spacial score (nSPS) is 16.2. The van der Waals surface area contributed by atoms with Gasteiger partial charge in [-0.15, -0.1) is 11.3 Å². The lowest BCUT2D eigenvalue weighted by molar-refractivity contribution is -0.141. The molecule has 0 aliphatic carbocycles. The third-order valence-electron chi connectivity index (χ3n) is 4.98. The Balaban J connectivity index is 1.42. The Labute approximate surface area is 158 Å². The maximum Gasteiger partial charge on any atom is 0.433 e. The zero-order chi connectivity index (χ0) is 19.0. The van der Waals surface area contributed by atoms with E-state index in [1.165, 1.54) is 6.07 Å². The fourth-order valence-corrected chi connectivity index (χ4v) is 4.22. The maximum atomic E-state index is 12.8. The molecule has 0 radical (unpaired) electrons. The Morgan fingerprint density at radius 2 is 2.04 bits per heavy atom. The molecular formula is C19H18F3N3OS. The number of piperidine rings is 1. The number of aromatic amines is 1. The molecule has 0 unspecified atom stereocenters. The molecule has 27 heavy (non-hydrogen) atoms. The van der Waals surface area contributed by atoms with E-state index in [-0.39, 0.29) is 11.8 Å². The molecule has 1 aliphatic heterocycles. The first-order valence-corrected chi connectivity index (χ1v) is 9.65. The molecule has 4 rings (SSSR count). The van der Waals surface area contributed by atoms with Crippen LogP contribution in [0.25, 0.3) is 11.0 Å². The first-order valence-electron chi connectivity index (χ1n) is 8.77. The second-order valence-electron chi connectivity index (χ2n) is 6.76. The number of amides is 1. The SMILES string of the molecule is O=C(Cc1cccs1)N1CCC(c2cc3nc(C(F)(F)F)ccc3[nH]2)CC1. The highest BCUT2D eigenvalue weighted by Crippen LogP contribution is 2.32. The van der Waals surface area contributed by atoms with Crippen LogP contribution in [0.5, 0.6) is 0 Å². The number of H-pyrrole nitrogens is 1. The Kier molecular flexibility index (Phi) is 4.67. The predicted molar refractivity (Wildman–Crippen MR) is 97.7 cm³/mol. The molecule has 3 aromatic heterocycles. The average Bonchev–Trinajstić information content (AvgIpc) is 3.29. The van der Waals surface area contributed by atoms with E-state index in [0.717, 1.165) is 29.5 Å². The third kappa shape index (κ3) is 3.85. The van der Waals surface area contributed by atoms with Crippen LogP contribution in [0.2, 0.25) is 0 Å². The van der Waals surface area contributed by atoms with Gasteiger partial charge in [-0.05, 0) is 42.5 Å². The van der Waals surface area contributed by atoms with Crippen molar-refractivity contribution in [2.24, 2.45) is 0 Å². The molecule has 1 N–H and O–H groups in total. The van der Waals surface area contributed by atoms with E-state index >= 15 is 0 Å². The topological polar surface area (TPSA) is 49.0 Å². The number of aromatic nitrogens is 2. The second kappa shape index (κ2) is 6.99. The van der Waals surface area contributed by atoms with Gasteiger partial charge in [-0.1, -0.05) is 6.07 Å². The summed E-state index contributed by atoms with van der Waals surface area (Å²) in [6.45, 7) is 1.32. The van der Waals surface area contributed by atoms with Gasteiger partial charge in [-0.2, -0.15) is 13.2 Å². The van der Waals surface area contributed by atoms with E-state index in [1.807, 2.05) is 22.4 Å². The first-order chi connectivity index (χ1) is 12.9. The zero-order valence-corrected chi connectivity index (χ0v) is 15.2. The van der Waals surface area contributed by atoms with E-state index in [2.05, 4.69) is 9.97 Å². The summed E-state index contributed by atoms with van der Waals surface area (Å²) in [6, 6.07) is 8.02. The van der Waals surface area contributed by atoms with Crippen molar-refractivity contribution < 1.29 is 18.0 Å². The summed E-state index contributed by atoms with van der Waals surface area (Å²) < 4.78 is 38.5. The van der Waals surface area contributed by atoms with Gasteiger partial charge in [-0.3, -0.25) is 4.79 Å². The minimum absolute atomic E-state index is 0.129. The standard InChI is InChI=1S/C19H18F3N3OS/c20-19(21,22)17-4-3-14-16(24-17)11-15(23-14)12-5-7-25(8-6-12)18(26)10-13-2-1-9-27-13/h1-4,9,11-12,23H,5-8,10H2. The molecule has 1 saturated heterocycles. The van der Waals surface area contributed by atoms with E-state index < -0.39 is 11.9 Å². The lowest BCUT2D eigenvalue weighted by Gasteiger charge is -2.31. The molecule has 4 nitrogen and oxygen atoms in total. The van der Waals surface area contributed by atoms with Crippen LogP contribution in [0, 0.1) is 0 Å². The van der Waals surface area contributed by atoms with Crippen LogP contribution in [-0.2, 0) is 17.4 Å². The van der Waals surface area contributed by atoms with Gasteiger partial charge in [0.05, 0.1) is 17.5 Å². The molecule has 0 aromatic carbocycles. The number of likely N-dealkylation sites (tertiary alicyclic amines) is 1. The van der Waals surface area contributed by atoms with E-state index in [4.69, 9.17) is 0 Å². The zero-order valence-electron chi connectivity index (χ0n) is 14.4. The highest BCUT2D eigenvalue weighted by Gasteiger charge is 2.33. The maximum absolute atomic E-state index is 12.8. The largest absolute Gasteiger partial charge is 0.433 e. The number of fused-ring (bicyclic) bond motifs is 1. The summed E-state index contributed by atoms with van der Waals surface area (Å²) in [7, 11) is 0. The Bertz CT molecular complexity index is 941. The average molecular weight is 393 g/mol. The van der Waals surface area contributed by atoms with Gasteiger partial charge in [0.2, 0.25) is 5.91 Å². The summed E-state index contributed by atoms with van der Waals surface area (Å²) >= 11 is 1.58. The molecular weight excluding hydrogens is 375 g/mol. The molecule has 1 aliphatic rings. The number of hydrogen-bond donors (Lipinski definition) is 1. The summed E-state index contributed by atoms with van der Waals surface area (Å²) in [5, 5.41) is 1.96. The third-order valence-corrected chi connectivity index (χ3v) is 5.86. The number of thiophene rings is 1. The van der Waals surface area contributed by atoms with Crippen LogP contribution in [0.15, 0.2) is 35.7 Å². The van der Waals surface area contributed by atoms with Crippen molar-refractivity contribution in [3.8, 4) is 0 Å². The summed E-state index contributed by atoms with van der Waals surface area (Å²) in [4.78, 5) is 22.2. The van der Waals surface area contributed by atoms with Gasteiger partial charge < -0.3 is 9.88 Å². The van der Waals surface area contributed by atoms with Crippen molar-refractivity contribution in [2.45, 2.75) is 31.4 Å². The molecule has 8 heteroatoms. The lowest BCUT2D eigenvalue weighted by atomic mass is 9.93. The molecule has 3 aromatic rings. The summed E-state index contributed by atoms with van der Waals surface area (Å²) in [6.07, 6.45) is -2.44. The van der Waals surface area contributed by atoms with Crippen LogP contribution >= 0.6 is 11.3 Å². The van der Waals surface area contributed by atoms with Crippen LogP contribution in [0.1, 0.15) is 35.0 Å². The van der Waals surface area contributed by atoms with Crippen LogP contribution in [-0.4, -0.2) is 33.9 Å². The summed E-state index contributed by atoms with van der Waals surface area (Å²) in [5.41, 5.74) is 0.946. The minimum atomic E-state index is -4.44. The van der Waals surface area contributed by atoms with Gasteiger partial charge in [0.1, 0.15) is 5.69 Å². The van der Waals surface area contributed by atoms with E-state index in [1.54, 1.807) is 17.4 Å². The fraction of sp³-hybridized carbons (Fsp3) is 0.368. The number of hydrogen-bond acceptors (Lipinski definition) is 3. The smallest absolute Gasteiger partial charge is 0.357 e. The molecule has 0 saturated carbocycles. The number of nitrogens with one attached hydrogen (secondary N) is 1. The van der Waals surface area contributed by atoms with Gasteiger partial charge >= 0.3 is 6.18 Å². The highest BCUT2D eigenvalue weighted by molar-refractivity contribution is 7.10. The van der Waals surface area contributed by atoms with Gasteiger partial charge in [-0.25, -0.2) is 4.98 Å². The van der Waals surface area contributed by atoms with Crippen molar-refractivity contribution in [2.75, 3.05) is 13.1 Å². The van der Waals surface area contributed by atoms with E-state index in [0.29, 0.717) is 30.5 Å². The summed E-state index contributed by atoms with van der Waals surface area (Å²) in [5.74, 6) is 0.323. The fourth-order valence-electron chi connectivity index (χ4n) is 3.52. The van der Waals surface area contributed by atoms with Crippen molar-refractivity contribution in [1.29, 1.82) is 0 Å². The highest BCUT2D eigenvalue weighted by atomic mass is 32.1. The number of nitrogens with zero attached hydrogens (tertiary/aromatic N) is 2. The van der Waals surface area contributed by atoms with Crippen molar-refractivity contribution >= 4 is 28.3 Å². The number of carbonyl (C=O) groups is 1. The molecule has 0 bridgehead atoms. The minimum Gasteiger partial charge on any atom is -0.357 e. The molecule has 1 amide bonds. The number of carbonyl (C=O) groups excluding carboxylic acids is 1. The van der Waals surface area contributed by atoms with E-state index in [9.17, 15) is 18.0 Å². The molecule has 142 valence electrons. The monoisotopic (exact) mass is 393 g/mol. The van der Waals surface area contributed by atoms with Crippen molar-refractivity contribution in [3.63, 3.8) is 0 Å². The Morgan fingerprint density at radius 3 is 2.70 bits per heavy atom. The van der Waals surface area contributed by atoms with Crippen molar-refractivity contribution in [1.82, 2.24) is 14.9 Å². The number of pyridine rings is 1. The number of halogens is 3. The lowest BCUT2D eigenvalue weighted by Crippen LogP contribution is -2.38. The number of rotatable bonds is 3. The van der Waals surface area contributed by atoms with Crippen LogP contribution < -0.4 is 0 Å². The van der Waals surface area contributed by atoms with Gasteiger partial charge in [0, 0.05) is 29.6 Å².